The number of nitrogens with one attached hydrogen (secondary N) is 2. The SMILES string of the molecule is O=C(NC1CCN(C(=O)Nc2cccc(F)c2)CC1)c1ccc(F)cc1. The summed E-state index contributed by atoms with van der Waals surface area (Å²) in [5, 5.41) is 5.57. The van der Waals surface area contributed by atoms with E-state index in [-0.39, 0.29) is 23.8 Å². The van der Waals surface area contributed by atoms with Crippen LogP contribution in [0.25, 0.3) is 0 Å². The average molecular weight is 359 g/mol. The Morgan fingerprint density at radius 3 is 2.31 bits per heavy atom. The van der Waals surface area contributed by atoms with Crippen LogP contribution in [0.5, 0.6) is 0 Å². The molecular weight excluding hydrogens is 340 g/mol. The third kappa shape index (κ3) is 4.56. The van der Waals surface area contributed by atoms with Crippen LogP contribution in [-0.4, -0.2) is 36.0 Å². The molecule has 0 saturated carbocycles. The van der Waals surface area contributed by atoms with Crippen molar-refractivity contribution >= 4 is 17.6 Å². The number of hydrogen-bond donors (Lipinski definition) is 2. The minimum Gasteiger partial charge on any atom is -0.349 e. The lowest BCUT2D eigenvalue weighted by molar-refractivity contribution is 0.0919. The van der Waals surface area contributed by atoms with Gasteiger partial charge in [-0.25, -0.2) is 13.6 Å². The molecule has 0 unspecified atom stereocenters. The Kier molecular flexibility index (Phi) is 5.46. The smallest absolute Gasteiger partial charge is 0.321 e. The van der Waals surface area contributed by atoms with Crippen LogP contribution >= 0.6 is 0 Å². The molecule has 3 rings (SSSR count). The van der Waals surface area contributed by atoms with Crippen LogP contribution < -0.4 is 10.6 Å². The first-order valence-electron chi connectivity index (χ1n) is 8.39. The monoisotopic (exact) mass is 359 g/mol. The van der Waals surface area contributed by atoms with E-state index in [1.807, 2.05) is 0 Å². The lowest BCUT2D eigenvalue weighted by Gasteiger charge is -2.32. The molecule has 2 aromatic carbocycles. The van der Waals surface area contributed by atoms with Crippen molar-refractivity contribution in [3.8, 4) is 0 Å². The third-order valence-corrected chi connectivity index (χ3v) is 4.30. The number of carbonyl (C=O) groups is 2. The zero-order valence-electron chi connectivity index (χ0n) is 14.0. The highest BCUT2D eigenvalue weighted by atomic mass is 19.1. The maximum Gasteiger partial charge on any atom is 0.321 e. The molecule has 0 aromatic heterocycles. The highest BCUT2D eigenvalue weighted by Gasteiger charge is 2.24. The van der Waals surface area contributed by atoms with Crippen molar-refractivity contribution in [2.45, 2.75) is 18.9 Å². The molecule has 3 amide bonds. The summed E-state index contributed by atoms with van der Waals surface area (Å²) in [7, 11) is 0. The van der Waals surface area contributed by atoms with E-state index >= 15 is 0 Å². The van der Waals surface area contributed by atoms with E-state index in [4.69, 9.17) is 0 Å². The highest BCUT2D eigenvalue weighted by Crippen LogP contribution is 2.15. The zero-order valence-corrected chi connectivity index (χ0v) is 14.0. The normalized spacial score (nSPS) is 14.8. The molecule has 0 radical (unpaired) electrons. The van der Waals surface area contributed by atoms with E-state index in [1.54, 1.807) is 11.0 Å². The average Bonchev–Trinajstić information content (AvgIpc) is 2.63. The van der Waals surface area contributed by atoms with Gasteiger partial charge in [0.1, 0.15) is 11.6 Å². The van der Waals surface area contributed by atoms with Gasteiger partial charge in [0.25, 0.3) is 5.91 Å². The Labute approximate surface area is 150 Å². The third-order valence-electron chi connectivity index (χ3n) is 4.30. The van der Waals surface area contributed by atoms with Gasteiger partial charge < -0.3 is 15.5 Å². The molecule has 5 nitrogen and oxygen atoms in total. The van der Waals surface area contributed by atoms with Crippen LogP contribution in [0, 0.1) is 11.6 Å². The van der Waals surface area contributed by atoms with Crippen molar-refractivity contribution in [1.82, 2.24) is 10.2 Å². The number of halogens is 2. The summed E-state index contributed by atoms with van der Waals surface area (Å²) in [6.07, 6.45) is 1.23. The molecule has 2 aromatic rings. The van der Waals surface area contributed by atoms with Crippen molar-refractivity contribution in [1.29, 1.82) is 0 Å². The molecule has 0 atom stereocenters. The fraction of sp³-hybridized carbons (Fsp3) is 0.263. The number of rotatable bonds is 3. The molecule has 1 saturated heterocycles. The largest absolute Gasteiger partial charge is 0.349 e. The molecule has 1 heterocycles. The number of nitrogens with zero attached hydrogens (tertiary/aromatic N) is 1. The van der Waals surface area contributed by atoms with Crippen LogP contribution in [0.3, 0.4) is 0 Å². The van der Waals surface area contributed by atoms with Gasteiger partial charge in [0.15, 0.2) is 0 Å². The number of amides is 3. The number of hydrogen-bond acceptors (Lipinski definition) is 2. The van der Waals surface area contributed by atoms with Crippen molar-refractivity contribution in [2.75, 3.05) is 18.4 Å². The van der Waals surface area contributed by atoms with Gasteiger partial charge in [0, 0.05) is 30.4 Å². The summed E-state index contributed by atoms with van der Waals surface area (Å²) in [5.74, 6) is -1.06. The molecule has 0 bridgehead atoms. The molecular formula is C19H19F2N3O2. The summed E-state index contributed by atoms with van der Waals surface area (Å²) in [4.78, 5) is 26.0. The van der Waals surface area contributed by atoms with Gasteiger partial charge in [0.2, 0.25) is 0 Å². The predicted molar refractivity (Wildman–Crippen MR) is 93.9 cm³/mol. The molecule has 0 aliphatic carbocycles. The summed E-state index contributed by atoms with van der Waals surface area (Å²) < 4.78 is 26.1. The molecule has 1 fully saturated rings. The summed E-state index contributed by atoms with van der Waals surface area (Å²) >= 11 is 0. The number of piperidine rings is 1. The summed E-state index contributed by atoms with van der Waals surface area (Å²) in [6.45, 7) is 0.963. The van der Waals surface area contributed by atoms with Gasteiger partial charge in [0.05, 0.1) is 0 Å². The molecule has 136 valence electrons. The Balaban J connectivity index is 1.48. The second-order valence-corrected chi connectivity index (χ2v) is 6.18. The molecule has 26 heavy (non-hydrogen) atoms. The summed E-state index contributed by atoms with van der Waals surface area (Å²) in [6, 6.07) is 10.7. The first-order chi connectivity index (χ1) is 12.5. The fourth-order valence-electron chi connectivity index (χ4n) is 2.87. The standard InChI is InChI=1S/C19H19F2N3O2/c20-14-6-4-13(5-7-14)18(25)22-16-8-10-24(11-9-16)19(26)23-17-3-1-2-15(21)12-17/h1-7,12,16H,8-11H2,(H,22,25)(H,23,26). The van der Waals surface area contributed by atoms with Crippen LogP contribution in [0.2, 0.25) is 0 Å². The van der Waals surface area contributed by atoms with Gasteiger partial charge >= 0.3 is 6.03 Å². The first kappa shape index (κ1) is 17.8. The van der Waals surface area contributed by atoms with Crippen molar-refractivity contribution in [3.63, 3.8) is 0 Å². The molecule has 0 spiro atoms. The van der Waals surface area contributed by atoms with Crippen LogP contribution in [-0.2, 0) is 0 Å². The predicted octanol–water partition coefficient (Wildman–Crippen LogP) is 3.39. The molecule has 1 aliphatic heterocycles. The van der Waals surface area contributed by atoms with Gasteiger partial charge in [-0.1, -0.05) is 6.07 Å². The Bertz CT molecular complexity index is 788. The van der Waals surface area contributed by atoms with Gasteiger partial charge in [-0.2, -0.15) is 0 Å². The Morgan fingerprint density at radius 1 is 0.962 bits per heavy atom. The van der Waals surface area contributed by atoms with Crippen molar-refractivity contribution in [2.24, 2.45) is 0 Å². The van der Waals surface area contributed by atoms with E-state index < -0.39 is 5.82 Å². The van der Waals surface area contributed by atoms with Crippen molar-refractivity contribution in [3.05, 3.63) is 65.7 Å². The number of likely N-dealkylation sites (tertiary alicyclic amines) is 1. The second-order valence-electron chi connectivity index (χ2n) is 6.18. The second kappa shape index (κ2) is 7.95. The maximum atomic E-state index is 13.2. The number of benzene rings is 2. The topological polar surface area (TPSA) is 61.4 Å². The molecule has 7 heteroatoms. The minimum absolute atomic E-state index is 0.0502. The van der Waals surface area contributed by atoms with E-state index in [1.165, 1.54) is 42.5 Å². The molecule has 1 aliphatic rings. The highest BCUT2D eigenvalue weighted by molar-refractivity contribution is 5.94. The van der Waals surface area contributed by atoms with Crippen molar-refractivity contribution < 1.29 is 18.4 Å². The summed E-state index contributed by atoms with van der Waals surface area (Å²) in [5.41, 5.74) is 0.805. The van der Waals surface area contributed by atoms with Crippen LogP contribution in [0.4, 0.5) is 19.3 Å². The minimum atomic E-state index is -0.412. The quantitative estimate of drug-likeness (QED) is 0.882. The number of carbonyl (C=O) groups excluding carboxylic acids is 2. The van der Waals surface area contributed by atoms with Gasteiger partial charge in [-0.3, -0.25) is 4.79 Å². The zero-order chi connectivity index (χ0) is 18.5. The number of anilines is 1. The van der Waals surface area contributed by atoms with E-state index in [0.29, 0.717) is 37.2 Å². The van der Waals surface area contributed by atoms with Gasteiger partial charge in [-0.15, -0.1) is 0 Å². The number of urea groups is 1. The van der Waals surface area contributed by atoms with Gasteiger partial charge in [-0.05, 0) is 55.3 Å². The lowest BCUT2D eigenvalue weighted by Crippen LogP contribution is -2.47. The van der Waals surface area contributed by atoms with E-state index in [0.717, 1.165) is 0 Å². The van der Waals surface area contributed by atoms with E-state index in [9.17, 15) is 18.4 Å². The Hall–Kier alpha value is -2.96. The van der Waals surface area contributed by atoms with Crippen LogP contribution in [0.1, 0.15) is 23.2 Å². The molecule has 2 N–H and O–H groups in total. The fourth-order valence-corrected chi connectivity index (χ4v) is 2.87. The first-order valence-corrected chi connectivity index (χ1v) is 8.39. The Morgan fingerprint density at radius 2 is 1.65 bits per heavy atom. The maximum absolute atomic E-state index is 13.2. The van der Waals surface area contributed by atoms with Crippen LogP contribution in [0.15, 0.2) is 48.5 Å². The van der Waals surface area contributed by atoms with E-state index in [2.05, 4.69) is 10.6 Å². The lowest BCUT2D eigenvalue weighted by atomic mass is 10.0.